The molecule has 0 aliphatic rings. The molecule has 0 N–H and O–H groups in total. The Balaban J connectivity index is 1.29. The minimum absolute atomic E-state index is 0.0938. The Bertz CT molecular complexity index is 2410. The van der Waals surface area contributed by atoms with Crippen molar-refractivity contribution in [1.82, 2.24) is 0 Å². The van der Waals surface area contributed by atoms with E-state index in [2.05, 4.69) is 175 Å². The summed E-state index contributed by atoms with van der Waals surface area (Å²) >= 11 is 0. The number of hydrogen-bond acceptors (Lipinski definition) is 1. The highest BCUT2D eigenvalue weighted by molar-refractivity contribution is 6.34. The van der Waals surface area contributed by atoms with E-state index in [1.165, 1.54) is 93.4 Å². The van der Waals surface area contributed by atoms with E-state index in [0.717, 1.165) is 5.69 Å². The van der Waals surface area contributed by atoms with E-state index in [0.29, 0.717) is 0 Å². The molecule has 230 valence electrons. The summed E-state index contributed by atoms with van der Waals surface area (Å²) in [6.45, 7) is 15.7. The van der Waals surface area contributed by atoms with Gasteiger partial charge in [-0.2, -0.15) is 0 Å². The first-order valence-electron chi connectivity index (χ1n) is 16.8. The van der Waals surface area contributed by atoms with E-state index in [1.807, 2.05) is 0 Å². The van der Waals surface area contributed by atoms with Gasteiger partial charge in [0.25, 0.3) is 0 Å². The zero-order chi connectivity index (χ0) is 32.6. The summed E-state index contributed by atoms with van der Waals surface area (Å²) in [6, 6.07) is 45.7. The Labute approximate surface area is 278 Å². The van der Waals surface area contributed by atoms with Crippen LogP contribution in [0.3, 0.4) is 0 Å². The van der Waals surface area contributed by atoms with Gasteiger partial charge in [-0.3, -0.25) is 0 Å². The molecule has 0 spiro atoms. The Morgan fingerprint density at radius 2 is 0.936 bits per heavy atom. The number of rotatable bonds is 4. The van der Waals surface area contributed by atoms with Crippen molar-refractivity contribution < 1.29 is 0 Å². The van der Waals surface area contributed by atoms with Gasteiger partial charge < -0.3 is 4.90 Å². The second kappa shape index (κ2) is 10.7. The molecule has 0 fully saturated rings. The van der Waals surface area contributed by atoms with Gasteiger partial charge >= 0.3 is 0 Å². The second-order valence-electron chi connectivity index (χ2n) is 14.5. The fourth-order valence-corrected chi connectivity index (χ4v) is 7.74. The number of benzene rings is 8. The third-order valence-electron chi connectivity index (χ3n) is 10.2. The Morgan fingerprint density at radius 1 is 0.447 bits per heavy atom. The quantitative estimate of drug-likeness (QED) is 0.142. The van der Waals surface area contributed by atoms with Crippen molar-refractivity contribution in [2.45, 2.75) is 53.9 Å². The summed E-state index contributed by atoms with van der Waals surface area (Å²) in [5.74, 6) is 0. The van der Waals surface area contributed by atoms with Crippen LogP contribution < -0.4 is 4.90 Å². The zero-order valence-electron chi connectivity index (χ0n) is 28.5. The maximum atomic E-state index is 2.43. The number of nitrogens with zero attached hydrogens (tertiary/aromatic N) is 1. The second-order valence-corrected chi connectivity index (χ2v) is 14.5. The van der Waals surface area contributed by atoms with Crippen molar-refractivity contribution in [2.24, 2.45) is 0 Å². The van der Waals surface area contributed by atoms with Gasteiger partial charge in [0.2, 0.25) is 0 Å². The van der Waals surface area contributed by atoms with E-state index in [4.69, 9.17) is 0 Å². The topological polar surface area (TPSA) is 3.24 Å². The largest absolute Gasteiger partial charge is 0.310 e. The molecule has 1 heteroatoms. The summed E-state index contributed by atoms with van der Waals surface area (Å²) in [5.41, 5.74) is 12.7. The number of fused-ring (bicyclic) bond motifs is 2. The highest BCUT2D eigenvalue weighted by Gasteiger charge is 2.22. The van der Waals surface area contributed by atoms with Crippen LogP contribution in [0, 0.1) is 27.7 Å². The lowest BCUT2D eigenvalue weighted by Crippen LogP contribution is -2.16. The summed E-state index contributed by atoms with van der Waals surface area (Å²) in [4.78, 5) is 2.43. The minimum atomic E-state index is 0.0938. The maximum absolute atomic E-state index is 2.43. The summed E-state index contributed by atoms with van der Waals surface area (Å²) in [6.07, 6.45) is 0. The van der Waals surface area contributed by atoms with Gasteiger partial charge in [-0.1, -0.05) is 123 Å². The first-order chi connectivity index (χ1) is 22.6. The Morgan fingerprint density at radius 3 is 1.53 bits per heavy atom. The lowest BCUT2D eigenvalue weighted by molar-refractivity contribution is 0.589. The fourth-order valence-electron chi connectivity index (χ4n) is 7.74. The molecular weight excluding hydrogens is 567 g/mol. The highest BCUT2D eigenvalue weighted by Crippen LogP contribution is 2.45. The molecule has 8 rings (SSSR count). The van der Waals surface area contributed by atoms with Crippen molar-refractivity contribution in [3.63, 3.8) is 0 Å². The van der Waals surface area contributed by atoms with E-state index in [-0.39, 0.29) is 5.41 Å². The van der Waals surface area contributed by atoms with Crippen LogP contribution in [0.2, 0.25) is 0 Å². The van der Waals surface area contributed by atoms with Gasteiger partial charge in [-0.25, -0.2) is 0 Å². The van der Waals surface area contributed by atoms with Crippen molar-refractivity contribution in [3.8, 4) is 11.1 Å². The van der Waals surface area contributed by atoms with Crippen molar-refractivity contribution in [2.75, 3.05) is 4.90 Å². The van der Waals surface area contributed by atoms with Crippen LogP contribution in [0.15, 0.2) is 121 Å². The molecule has 0 heterocycles. The lowest BCUT2D eigenvalue weighted by Gasteiger charge is -2.31. The predicted octanol–water partition coefficient (Wildman–Crippen LogP) is 13.4. The van der Waals surface area contributed by atoms with E-state index in [9.17, 15) is 0 Å². The summed E-state index contributed by atoms with van der Waals surface area (Å²) < 4.78 is 0. The lowest BCUT2D eigenvalue weighted by atomic mass is 9.84. The molecule has 0 saturated heterocycles. The molecule has 8 aromatic carbocycles. The Hall–Kier alpha value is -5.14. The predicted molar refractivity (Wildman–Crippen MR) is 205 cm³/mol. The fraction of sp³-hybridized carbons (Fsp3) is 0.174. The van der Waals surface area contributed by atoms with Crippen LogP contribution in [0.25, 0.3) is 54.2 Å². The van der Waals surface area contributed by atoms with E-state index in [1.54, 1.807) is 0 Å². The van der Waals surface area contributed by atoms with Crippen LogP contribution in [0.1, 0.15) is 48.6 Å². The van der Waals surface area contributed by atoms with E-state index < -0.39 is 0 Å². The molecule has 47 heavy (non-hydrogen) atoms. The van der Waals surface area contributed by atoms with Gasteiger partial charge in [0.05, 0.1) is 5.69 Å². The van der Waals surface area contributed by atoms with Gasteiger partial charge in [-0.15, -0.1) is 0 Å². The molecular formula is C46H41N. The number of aryl methyl sites for hydroxylation is 4. The highest BCUT2D eigenvalue weighted by atomic mass is 15.1. The molecule has 0 atom stereocenters. The maximum Gasteiger partial charge on any atom is 0.0520 e. The standard InChI is InChI=1S/C46H41N/c1-28-14-19-34(20-15-28)47(45-30(3)26-33(27-31(45)4)46(5,6)7)35-21-17-32(18-22-35)37-24-25-42-39-12-8-10-36-29(2)16-23-41(43(36)39)40-13-9-11-38(37)44(40)42/h8-27H,1-7H3. The Kier molecular flexibility index (Phi) is 6.67. The summed E-state index contributed by atoms with van der Waals surface area (Å²) in [7, 11) is 0. The molecule has 8 aromatic rings. The van der Waals surface area contributed by atoms with Crippen molar-refractivity contribution >= 4 is 60.2 Å². The molecule has 0 radical (unpaired) electrons. The van der Waals surface area contributed by atoms with E-state index >= 15 is 0 Å². The molecule has 0 bridgehead atoms. The molecule has 0 aromatic heterocycles. The van der Waals surface area contributed by atoms with Crippen molar-refractivity contribution in [3.05, 3.63) is 149 Å². The number of hydrogen-bond donors (Lipinski definition) is 0. The molecule has 0 saturated carbocycles. The average molecular weight is 608 g/mol. The van der Waals surface area contributed by atoms with Crippen LogP contribution in [-0.4, -0.2) is 0 Å². The van der Waals surface area contributed by atoms with Gasteiger partial charge in [-0.05, 0) is 134 Å². The molecule has 1 nitrogen and oxygen atoms in total. The van der Waals surface area contributed by atoms with Crippen LogP contribution in [0.4, 0.5) is 17.1 Å². The van der Waals surface area contributed by atoms with Crippen molar-refractivity contribution in [1.29, 1.82) is 0 Å². The molecule has 0 aliphatic carbocycles. The third kappa shape index (κ3) is 4.68. The van der Waals surface area contributed by atoms with Crippen LogP contribution in [-0.2, 0) is 5.41 Å². The first kappa shape index (κ1) is 29.3. The third-order valence-corrected chi connectivity index (χ3v) is 10.2. The number of anilines is 3. The summed E-state index contributed by atoms with van der Waals surface area (Å²) in [5, 5.41) is 10.7. The SMILES string of the molecule is Cc1ccc(N(c2ccc(-c3ccc4c5cccc6c(C)ccc(c7cccc3c74)c65)cc2)c2c(C)cc(C(C)(C)C)cc2C)cc1. The molecule has 0 aliphatic heterocycles. The normalized spacial score (nSPS) is 12.1. The van der Waals surface area contributed by atoms with Gasteiger partial charge in [0.15, 0.2) is 0 Å². The minimum Gasteiger partial charge on any atom is -0.310 e. The molecule has 0 unspecified atom stereocenters. The van der Waals surface area contributed by atoms with Gasteiger partial charge in [0.1, 0.15) is 0 Å². The zero-order valence-corrected chi connectivity index (χ0v) is 28.5. The van der Waals surface area contributed by atoms with Gasteiger partial charge in [0, 0.05) is 11.4 Å². The smallest absolute Gasteiger partial charge is 0.0520 e. The van der Waals surface area contributed by atoms with Crippen LogP contribution in [0.5, 0.6) is 0 Å². The monoisotopic (exact) mass is 607 g/mol. The van der Waals surface area contributed by atoms with Crippen LogP contribution >= 0.6 is 0 Å². The average Bonchev–Trinajstić information content (AvgIpc) is 3.06. The molecule has 0 amide bonds. The first-order valence-corrected chi connectivity index (χ1v) is 16.8.